The van der Waals surface area contributed by atoms with E-state index in [1.54, 1.807) is 0 Å². The molecule has 0 amide bonds. The van der Waals surface area contributed by atoms with Crippen molar-refractivity contribution in [1.82, 2.24) is 0 Å². The van der Waals surface area contributed by atoms with E-state index in [0.717, 1.165) is 12.1 Å². The molecule has 0 fully saturated rings. The number of nitro groups is 1. The molecule has 0 unspecified atom stereocenters. The second kappa shape index (κ2) is 6.69. The quantitative estimate of drug-likeness (QED) is 0.445. The van der Waals surface area contributed by atoms with Gasteiger partial charge in [-0.15, -0.1) is 0 Å². The van der Waals surface area contributed by atoms with Crippen molar-refractivity contribution in [3.63, 3.8) is 0 Å². The lowest BCUT2D eigenvalue weighted by molar-refractivity contribution is -0.385. The summed E-state index contributed by atoms with van der Waals surface area (Å²) in [7, 11) is -4.26. The molecule has 0 aromatic heterocycles. The van der Waals surface area contributed by atoms with E-state index in [1.807, 2.05) is 0 Å². The van der Waals surface area contributed by atoms with Crippen molar-refractivity contribution < 1.29 is 21.9 Å². The molecule has 10 heteroatoms. The van der Waals surface area contributed by atoms with E-state index in [0.29, 0.717) is 6.07 Å². The van der Waals surface area contributed by atoms with Gasteiger partial charge in [-0.3, -0.25) is 10.1 Å². The predicted octanol–water partition coefficient (Wildman–Crippen LogP) is 3.95. The maximum atomic E-state index is 13.2. The van der Waals surface area contributed by atoms with Gasteiger partial charge in [0, 0.05) is 12.1 Å². The number of rotatable bonds is 5. The van der Waals surface area contributed by atoms with Crippen LogP contribution in [-0.2, 0) is 15.9 Å². The highest BCUT2D eigenvalue weighted by atomic mass is 35.5. The number of halogens is 3. The van der Waals surface area contributed by atoms with Crippen molar-refractivity contribution >= 4 is 39.0 Å². The van der Waals surface area contributed by atoms with Crippen LogP contribution in [-0.4, -0.2) is 13.3 Å². The molecule has 0 spiro atoms. The first-order chi connectivity index (χ1) is 10.7. The van der Waals surface area contributed by atoms with Gasteiger partial charge in [-0.1, -0.05) is 29.3 Å². The van der Waals surface area contributed by atoms with Crippen molar-refractivity contribution in [2.45, 2.75) is 5.75 Å². The van der Waals surface area contributed by atoms with Gasteiger partial charge in [-0.05, 0) is 23.8 Å². The Balaban J connectivity index is 2.29. The molecular formula is C13H8Cl2FNO5S. The van der Waals surface area contributed by atoms with Crippen LogP contribution in [0.15, 0.2) is 36.4 Å². The first-order valence-electron chi connectivity index (χ1n) is 5.98. The van der Waals surface area contributed by atoms with Gasteiger partial charge in [0.25, 0.3) is 0 Å². The Morgan fingerprint density at radius 1 is 1.13 bits per heavy atom. The fourth-order valence-corrected chi connectivity index (χ4v) is 3.08. The zero-order valence-corrected chi connectivity index (χ0v) is 13.5. The van der Waals surface area contributed by atoms with Gasteiger partial charge in [0.05, 0.1) is 15.0 Å². The fraction of sp³-hybridized carbons (Fsp3) is 0.0769. The summed E-state index contributed by atoms with van der Waals surface area (Å²) in [5, 5.41) is 11.2. The van der Waals surface area contributed by atoms with E-state index in [2.05, 4.69) is 4.18 Å². The Morgan fingerprint density at radius 3 is 2.43 bits per heavy atom. The van der Waals surface area contributed by atoms with Crippen LogP contribution < -0.4 is 4.18 Å². The van der Waals surface area contributed by atoms with E-state index in [4.69, 9.17) is 23.2 Å². The van der Waals surface area contributed by atoms with Crippen molar-refractivity contribution in [2.24, 2.45) is 0 Å². The molecule has 0 heterocycles. The number of benzene rings is 2. The minimum absolute atomic E-state index is 0.149. The van der Waals surface area contributed by atoms with Crippen molar-refractivity contribution in [3.05, 3.63) is 67.9 Å². The van der Waals surface area contributed by atoms with E-state index in [-0.39, 0.29) is 15.6 Å². The third-order valence-electron chi connectivity index (χ3n) is 2.66. The highest BCUT2D eigenvalue weighted by molar-refractivity contribution is 7.86. The SMILES string of the molecule is O=[N+]([O-])c1ccc(F)cc1OS(=O)(=O)Cc1ccc(Cl)c(Cl)c1. The molecule has 6 nitrogen and oxygen atoms in total. The van der Waals surface area contributed by atoms with Crippen LogP contribution in [0.1, 0.15) is 5.56 Å². The second-order valence-electron chi connectivity index (χ2n) is 4.40. The summed E-state index contributed by atoms with van der Waals surface area (Å²) in [6, 6.07) is 6.42. The molecule has 23 heavy (non-hydrogen) atoms. The van der Waals surface area contributed by atoms with Crippen LogP contribution in [0.5, 0.6) is 5.75 Å². The maximum Gasteiger partial charge on any atom is 0.313 e. The molecule has 0 bridgehead atoms. The van der Waals surface area contributed by atoms with Crippen molar-refractivity contribution in [3.8, 4) is 5.75 Å². The summed E-state index contributed by atoms with van der Waals surface area (Å²) in [5.74, 6) is -2.18. The van der Waals surface area contributed by atoms with Gasteiger partial charge < -0.3 is 4.18 Å². The monoisotopic (exact) mass is 379 g/mol. The highest BCUT2D eigenvalue weighted by Gasteiger charge is 2.23. The number of hydrogen-bond donors (Lipinski definition) is 0. The molecule has 0 saturated carbocycles. The molecule has 0 aliphatic rings. The fourth-order valence-electron chi connectivity index (χ4n) is 1.71. The summed E-state index contributed by atoms with van der Waals surface area (Å²) < 4.78 is 41.9. The smallest absolute Gasteiger partial charge is 0.313 e. The first kappa shape index (κ1) is 17.5. The molecule has 0 aliphatic heterocycles. The molecule has 0 saturated heterocycles. The standard InChI is InChI=1S/C13H8Cl2FNO5S/c14-10-3-1-8(5-11(10)15)7-23(20,21)22-13-6-9(16)2-4-12(13)17(18)19/h1-6H,7H2. The van der Waals surface area contributed by atoms with Crippen molar-refractivity contribution in [1.29, 1.82) is 0 Å². The Hall–Kier alpha value is -1.90. The van der Waals surface area contributed by atoms with Crippen LogP contribution in [0, 0.1) is 15.9 Å². The van der Waals surface area contributed by atoms with E-state index in [1.165, 1.54) is 18.2 Å². The first-order valence-corrected chi connectivity index (χ1v) is 8.31. The predicted molar refractivity (Wildman–Crippen MR) is 82.8 cm³/mol. The topological polar surface area (TPSA) is 86.5 Å². The normalized spacial score (nSPS) is 11.3. The summed E-state index contributed by atoms with van der Waals surface area (Å²) in [5.41, 5.74) is -0.400. The van der Waals surface area contributed by atoms with Gasteiger partial charge in [-0.2, -0.15) is 8.42 Å². The summed E-state index contributed by atoms with van der Waals surface area (Å²) in [6.45, 7) is 0. The largest absolute Gasteiger partial charge is 0.375 e. The molecule has 2 aromatic carbocycles. The van der Waals surface area contributed by atoms with Crippen LogP contribution in [0.25, 0.3) is 0 Å². The minimum atomic E-state index is -4.26. The van der Waals surface area contributed by atoms with Crippen LogP contribution in [0.4, 0.5) is 10.1 Å². The lowest BCUT2D eigenvalue weighted by Crippen LogP contribution is -2.13. The Morgan fingerprint density at radius 2 is 1.83 bits per heavy atom. The number of hydrogen-bond acceptors (Lipinski definition) is 5. The van der Waals surface area contributed by atoms with E-state index in [9.17, 15) is 22.9 Å². The maximum absolute atomic E-state index is 13.2. The van der Waals surface area contributed by atoms with Gasteiger partial charge >= 0.3 is 15.8 Å². The summed E-state index contributed by atoms with van der Waals surface area (Å²) >= 11 is 11.5. The van der Waals surface area contributed by atoms with E-state index < -0.39 is 38.0 Å². The molecule has 122 valence electrons. The Labute approximate surface area is 140 Å². The van der Waals surface area contributed by atoms with Crippen LogP contribution in [0.3, 0.4) is 0 Å². The minimum Gasteiger partial charge on any atom is -0.375 e. The van der Waals surface area contributed by atoms with E-state index >= 15 is 0 Å². The van der Waals surface area contributed by atoms with Gasteiger partial charge in [0.2, 0.25) is 5.75 Å². The van der Waals surface area contributed by atoms with Gasteiger partial charge in [-0.25, -0.2) is 4.39 Å². The lowest BCUT2D eigenvalue weighted by atomic mass is 10.2. The number of nitrogens with zero attached hydrogens (tertiary/aromatic N) is 1. The third kappa shape index (κ3) is 4.54. The van der Waals surface area contributed by atoms with Crippen LogP contribution in [0.2, 0.25) is 10.0 Å². The summed E-state index contributed by atoms with van der Waals surface area (Å²) in [4.78, 5) is 9.96. The summed E-state index contributed by atoms with van der Waals surface area (Å²) in [6.07, 6.45) is 0. The zero-order chi connectivity index (χ0) is 17.2. The zero-order valence-electron chi connectivity index (χ0n) is 11.2. The van der Waals surface area contributed by atoms with Gasteiger partial charge in [0.1, 0.15) is 11.6 Å². The lowest BCUT2D eigenvalue weighted by Gasteiger charge is -2.08. The highest BCUT2D eigenvalue weighted by Crippen LogP contribution is 2.30. The Kier molecular flexibility index (Phi) is 5.08. The molecule has 2 aromatic rings. The number of nitro benzene ring substituents is 1. The van der Waals surface area contributed by atoms with Gasteiger partial charge in [0.15, 0.2) is 0 Å². The molecule has 0 atom stereocenters. The molecule has 0 radical (unpaired) electrons. The average Bonchev–Trinajstić information content (AvgIpc) is 2.41. The average molecular weight is 380 g/mol. The van der Waals surface area contributed by atoms with Crippen LogP contribution >= 0.6 is 23.2 Å². The molecule has 0 N–H and O–H groups in total. The molecule has 2 rings (SSSR count). The second-order valence-corrected chi connectivity index (χ2v) is 6.79. The third-order valence-corrected chi connectivity index (χ3v) is 4.52. The van der Waals surface area contributed by atoms with Crippen molar-refractivity contribution in [2.75, 3.05) is 0 Å². The Bertz CT molecular complexity index is 873. The molecular weight excluding hydrogens is 372 g/mol. The molecule has 0 aliphatic carbocycles.